The van der Waals surface area contributed by atoms with Crippen molar-refractivity contribution < 1.29 is 9.53 Å². The number of hydrogen-bond donors (Lipinski definition) is 0. The quantitative estimate of drug-likeness (QED) is 0.853. The lowest BCUT2D eigenvalue weighted by Crippen LogP contribution is -2.23. The van der Waals surface area contributed by atoms with Crippen molar-refractivity contribution in [3.63, 3.8) is 0 Å². The molecule has 100 valence electrons. The van der Waals surface area contributed by atoms with Crippen LogP contribution in [0.4, 0.5) is 0 Å². The lowest BCUT2D eigenvalue weighted by atomic mass is 10.2. The SMILES string of the molecule is COC1=CN(Cc2ccccc2Cl)C(C)=NCC1=O. The summed E-state index contributed by atoms with van der Waals surface area (Å²) >= 11 is 6.15. The minimum atomic E-state index is -0.122. The van der Waals surface area contributed by atoms with Gasteiger partial charge in [0.2, 0.25) is 5.78 Å². The van der Waals surface area contributed by atoms with Crippen molar-refractivity contribution >= 4 is 23.2 Å². The summed E-state index contributed by atoms with van der Waals surface area (Å²) < 4.78 is 5.09. The second-order valence-corrected chi connectivity index (χ2v) is 4.61. The number of ketones is 1. The molecule has 0 bridgehead atoms. The number of aliphatic imine (C=N–C) groups is 1. The highest BCUT2D eigenvalue weighted by Crippen LogP contribution is 2.19. The van der Waals surface area contributed by atoms with Crippen molar-refractivity contribution in [1.82, 2.24) is 4.90 Å². The van der Waals surface area contributed by atoms with E-state index in [-0.39, 0.29) is 12.3 Å². The summed E-state index contributed by atoms with van der Waals surface area (Å²) in [6.45, 7) is 2.53. The van der Waals surface area contributed by atoms with Crippen molar-refractivity contribution in [2.75, 3.05) is 13.7 Å². The van der Waals surface area contributed by atoms with Crippen LogP contribution in [-0.4, -0.2) is 30.2 Å². The first-order valence-electron chi connectivity index (χ1n) is 5.92. The van der Waals surface area contributed by atoms with Crippen LogP contribution in [0.2, 0.25) is 5.02 Å². The Balaban J connectivity index is 2.29. The molecule has 0 radical (unpaired) electrons. The monoisotopic (exact) mass is 278 g/mol. The zero-order valence-corrected chi connectivity index (χ0v) is 11.6. The number of methoxy groups -OCH3 is 1. The Labute approximate surface area is 117 Å². The number of rotatable bonds is 3. The fourth-order valence-corrected chi connectivity index (χ4v) is 1.99. The lowest BCUT2D eigenvalue weighted by Gasteiger charge is -2.20. The van der Waals surface area contributed by atoms with Crippen molar-refractivity contribution in [2.45, 2.75) is 13.5 Å². The van der Waals surface area contributed by atoms with Crippen LogP contribution in [0.25, 0.3) is 0 Å². The van der Waals surface area contributed by atoms with Crippen molar-refractivity contribution in [3.05, 3.63) is 46.8 Å². The van der Waals surface area contributed by atoms with E-state index in [1.54, 1.807) is 6.20 Å². The molecule has 0 spiro atoms. The molecule has 0 fully saturated rings. The smallest absolute Gasteiger partial charge is 0.220 e. The zero-order chi connectivity index (χ0) is 13.8. The van der Waals surface area contributed by atoms with Crippen molar-refractivity contribution in [1.29, 1.82) is 0 Å². The van der Waals surface area contributed by atoms with Crippen LogP contribution in [0.5, 0.6) is 0 Å². The predicted octanol–water partition coefficient (Wildman–Crippen LogP) is 2.63. The van der Waals surface area contributed by atoms with E-state index in [0.29, 0.717) is 17.3 Å². The van der Waals surface area contributed by atoms with Crippen molar-refractivity contribution in [3.8, 4) is 0 Å². The number of benzene rings is 1. The summed E-state index contributed by atoms with van der Waals surface area (Å²) in [4.78, 5) is 17.8. The Hall–Kier alpha value is -1.81. The molecule has 1 aromatic rings. The molecule has 4 nitrogen and oxygen atoms in total. The van der Waals surface area contributed by atoms with E-state index in [9.17, 15) is 4.79 Å². The number of halogens is 1. The van der Waals surface area contributed by atoms with Crippen LogP contribution >= 0.6 is 11.6 Å². The van der Waals surface area contributed by atoms with E-state index in [1.807, 2.05) is 36.1 Å². The van der Waals surface area contributed by atoms with E-state index in [0.717, 1.165) is 11.4 Å². The lowest BCUT2D eigenvalue weighted by molar-refractivity contribution is -0.117. The maximum atomic E-state index is 11.7. The minimum Gasteiger partial charge on any atom is -0.492 e. The molecule has 0 unspecified atom stereocenters. The highest BCUT2D eigenvalue weighted by molar-refractivity contribution is 6.31. The van der Waals surface area contributed by atoms with Gasteiger partial charge in [-0.05, 0) is 18.6 Å². The fraction of sp³-hybridized carbons (Fsp3) is 0.286. The summed E-state index contributed by atoms with van der Waals surface area (Å²) in [5.41, 5.74) is 0.972. The number of carbonyl (C=O) groups is 1. The Kier molecular flexibility index (Phi) is 4.22. The fourth-order valence-electron chi connectivity index (χ4n) is 1.80. The molecule has 0 amide bonds. The van der Waals surface area contributed by atoms with Gasteiger partial charge in [-0.3, -0.25) is 9.79 Å². The Morgan fingerprint density at radius 2 is 2.16 bits per heavy atom. The molecule has 1 aromatic carbocycles. The van der Waals surface area contributed by atoms with Crippen LogP contribution in [0.3, 0.4) is 0 Å². The maximum absolute atomic E-state index is 11.7. The molecule has 1 heterocycles. The first kappa shape index (κ1) is 13.6. The second kappa shape index (κ2) is 5.89. The summed E-state index contributed by atoms with van der Waals surface area (Å²) in [5, 5.41) is 0.693. The average Bonchev–Trinajstić information content (AvgIpc) is 2.54. The van der Waals surface area contributed by atoms with Gasteiger partial charge in [0, 0.05) is 5.02 Å². The summed E-state index contributed by atoms with van der Waals surface area (Å²) in [6.07, 6.45) is 1.68. The van der Waals surface area contributed by atoms with Crippen LogP contribution in [-0.2, 0) is 16.1 Å². The van der Waals surface area contributed by atoms with Crippen LogP contribution in [0.1, 0.15) is 12.5 Å². The van der Waals surface area contributed by atoms with Crippen LogP contribution in [0, 0.1) is 0 Å². The number of Topliss-reactive ketones (excluding diaryl/α,β-unsaturated/α-hetero) is 1. The molecule has 0 aromatic heterocycles. The molecule has 0 saturated carbocycles. The van der Waals surface area contributed by atoms with Gasteiger partial charge in [0.15, 0.2) is 5.76 Å². The first-order chi connectivity index (χ1) is 9.11. The Bertz CT molecular complexity index is 552. The molecular weight excluding hydrogens is 264 g/mol. The molecule has 0 N–H and O–H groups in total. The molecule has 2 rings (SSSR count). The van der Waals surface area contributed by atoms with Crippen LogP contribution in [0.15, 0.2) is 41.2 Å². The van der Waals surface area contributed by atoms with Gasteiger partial charge in [-0.15, -0.1) is 0 Å². The van der Waals surface area contributed by atoms with Gasteiger partial charge in [-0.2, -0.15) is 0 Å². The third kappa shape index (κ3) is 3.15. The van der Waals surface area contributed by atoms with Gasteiger partial charge in [-0.1, -0.05) is 29.8 Å². The maximum Gasteiger partial charge on any atom is 0.220 e. The first-order valence-corrected chi connectivity index (χ1v) is 6.29. The van der Waals surface area contributed by atoms with Gasteiger partial charge < -0.3 is 9.64 Å². The predicted molar refractivity (Wildman–Crippen MR) is 75.1 cm³/mol. The molecule has 1 aliphatic heterocycles. The molecule has 1 aliphatic rings. The summed E-state index contributed by atoms with van der Waals surface area (Å²) in [6, 6.07) is 7.60. The molecule has 5 heteroatoms. The Morgan fingerprint density at radius 3 is 2.84 bits per heavy atom. The van der Waals surface area contributed by atoms with E-state index in [2.05, 4.69) is 4.99 Å². The minimum absolute atomic E-state index is 0.116. The highest BCUT2D eigenvalue weighted by atomic mass is 35.5. The highest BCUT2D eigenvalue weighted by Gasteiger charge is 2.18. The third-order valence-corrected chi connectivity index (χ3v) is 3.30. The Morgan fingerprint density at radius 1 is 1.42 bits per heavy atom. The van der Waals surface area contributed by atoms with Gasteiger partial charge in [0.05, 0.1) is 19.9 Å². The topological polar surface area (TPSA) is 41.9 Å². The largest absolute Gasteiger partial charge is 0.492 e. The third-order valence-electron chi connectivity index (χ3n) is 2.93. The second-order valence-electron chi connectivity index (χ2n) is 4.20. The number of hydrogen-bond acceptors (Lipinski definition) is 4. The zero-order valence-electron chi connectivity index (χ0n) is 10.9. The number of amidine groups is 1. The molecular formula is C14H15ClN2O2. The number of carbonyl (C=O) groups excluding carboxylic acids is 1. The van der Waals surface area contributed by atoms with Gasteiger partial charge in [0.1, 0.15) is 12.4 Å². The molecule has 19 heavy (non-hydrogen) atoms. The standard InChI is InChI=1S/C14H15ClN2O2/c1-10-16-7-13(18)14(19-2)9-17(10)8-11-5-3-4-6-12(11)15/h3-6,9H,7-8H2,1-2H3. The average molecular weight is 279 g/mol. The molecule has 0 atom stereocenters. The van der Waals surface area contributed by atoms with E-state index in [4.69, 9.17) is 16.3 Å². The molecule has 0 saturated heterocycles. The van der Waals surface area contributed by atoms with Crippen LogP contribution < -0.4 is 0 Å². The van der Waals surface area contributed by atoms with E-state index >= 15 is 0 Å². The van der Waals surface area contributed by atoms with Gasteiger partial charge in [0.25, 0.3) is 0 Å². The number of ether oxygens (including phenoxy) is 1. The number of nitrogens with zero attached hydrogens (tertiary/aromatic N) is 2. The van der Waals surface area contributed by atoms with E-state index in [1.165, 1.54) is 7.11 Å². The van der Waals surface area contributed by atoms with Gasteiger partial charge in [-0.25, -0.2) is 0 Å². The molecule has 0 aliphatic carbocycles. The van der Waals surface area contributed by atoms with Gasteiger partial charge >= 0.3 is 0 Å². The van der Waals surface area contributed by atoms with E-state index < -0.39 is 0 Å². The van der Waals surface area contributed by atoms with Crippen molar-refractivity contribution in [2.24, 2.45) is 4.99 Å². The summed E-state index contributed by atoms with van der Waals surface area (Å²) in [5.74, 6) is 0.955. The normalized spacial score (nSPS) is 15.7. The summed E-state index contributed by atoms with van der Waals surface area (Å²) in [7, 11) is 1.48.